The molecule has 1 N–H and O–H groups in total. The maximum Gasteiger partial charge on any atom is 0.147 e. The zero-order chi connectivity index (χ0) is 28.0. The zero-order valence-corrected chi connectivity index (χ0v) is 24.0. The SMILES string of the molecule is CC(C)(C)CC(C)(C)c1cc(-n2nc3ccc(-c4cccnc4)cc3n2)c(O)c(C(C)(C)c2ccccc2)c1. The molecule has 0 bridgehead atoms. The van der Waals surface area contributed by atoms with Gasteiger partial charge in [-0.05, 0) is 58.2 Å². The lowest BCUT2D eigenvalue weighted by Gasteiger charge is -2.35. The number of nitrogens with zero attached hydrogens (tertiary/aromatic N) is 4. The summed E-state index contributed by atoms with van der Waals surface area (Å²) in [5, 5.41) is 21.5. The molecule has 3 aromatic carbocycles. The Labute approximate surface area is 231 Å². The Morgan fingerprint density at radius 3 is 2.10 bits per heavy atom. The van der Waals surface area contributed by atoms with E-state index >= 15 is 0 Å². The van der Waals surface area contributed by atoms with Crippen molar-refractivity contribution in [1.82, 2.24) is 20.0 Å². The van der Waals surface area contributed by atoms with Gasteiger partial charge in [-0.15, -0.1) is 15.0 Å². The third-order valence-electron chi connectivity index (χ3n) is 7.60. The van der Waals surface area contributed by atoms with Gasteiger partial charge >= 0.3 is 0 Å². The summed E-state index contributed by atoms with van der Waals surface area (Å²) in [7, 11) is 0. The second kappa shape index (κ2) is 9.64. The number of phenols is 1. The van der Waals surface area contributed by atoms with E-state index in [2.05, 4.69) is 77.7 Å². The van der Waals surface area contributed by atoms with E-state index in [9.17, 15) is 5.11 Å². The second-order valence-electron chi connectivity index (χ2n) is 12.9. The summed E-state index contributed by atoms with van der Waals surface area (Å²) >= 11 is 0. The molecule has 0 spiro atoms. The minimum absolute atomic E-state index is 0.137. The smallest absolute Gasteiger partial charge is 0.147 e. The minimum atomic E-state index is -0.437. The van der Waals surface area contributed by atoms with Gasteiger partial charge in [0.2, 0.25) is 0 Å². The minimum Gasteiger partial charge on any atom is -0.505 e. The highest BCUT2D eigenvalue weighted by Gasteiger charge is 2.33. The van der Waals surface area contributed by atoms with Crippen LogP contribution < -0.4 is 0 Å². The van der Waals surface area contributed by atoms with Crippen molar-refractivity contribution in [1.29, 1.82) is 0 Å². The van der Waals surface area contributed by atoms with Crippen molar-refractivity contribution < 1.29 is 5.11 Å². The third-order valence-corrected chi connectivity index (χ3v) is 7.60. The van der Waals surface area contributed by atoms with Crippen molar-refractivity contribution in [2.75, 3.05) is 0 Å². The number of pyridine rings is 1. The molecule has 0 aliphatic heterocycles. The first-order chi connectivity index (χ1) is 18.3. The molecule has 0 amide bonds. The van der Waals surface area contributed by atoms with Crippen molar-refractivity contribution >= 4 is 11.0 Å². The van der Waals surface area contributed by atoms with Gasteiger partial charge in [0.05, 0.1) is 0 Å². The van der Waals surface area contributed by atoms with E-state index in [0.717, 1.165) is 45.3 Å². The number of hydrogen-bond donors (Lipinski definition) is 1. The van der Waals surface area contributed by atoms with Gasteiger partial charge in [-0.25, -0.2) is 0 Å². The average Bonchev–Trinajstić information content (AvgIpc) is 3.31. The summed E-state index contributed by atoms with van der Waals surface area (Å²) in [6.07, 6.45) is 4.60. The number of fused-ring (bicyclic) bond motifs is 1. The van der Waals surface area contributed by atoms with Crippen molar-refractivity contribution in [3.8, 4) is 22.6 Å². The van der Waals surface area contributed by atoms with E-state index in [1.165, 1.54) is 0 Å². The van der Waals surface area contributed by atoms with Crippen LogP contribution in [-0.2, 0) is 10.8 Å². The topological polar surface area (TPSA) is 63.8 Å². The van der Waals surface area contributed by atoms with Crippen LogP contribution in [-0.4, -0.2) is 25.1 Å². The Morgan fingerprint density at radius 2 is 1.44 bits per heavy atom. The predicted octanol–water partition coefficient (Wildman–Crippen LogP) is 8.23. The number of hydrogen-bond acceptors (Lipinski definition) is 4. The summed E-state index contributed by atoms with van der Waals surface area (Å²) in [4.78, 5) is 5.84. The molecule has 0 saturated carbocycles. The highest BCUT2D eigenvalue weighted by Crippen LogP contribution is 2.44. The maximum atomic E-state index is 11.8. The fourth-order valence-corrected chi connectivity index (χ4v) is 5.81. The first kappa shape index (κ1) is 26.6. The van der Waals surface area contributed by atoms with E-state index in [1.807, 2.05) is 54.7 Å². The lowest BCUT2D eigenvalue weighted by molar-refractivity contribution is 0.283. The van der Waals surface area contributed by atoms with E-state index < -0.39 is 5.41 Å². The Kier molecular flexibility index (Phi) is 6.58. The number of aromatic hydroxyl groups is 1. The van der Waals surface area contributed by atoms with Crippen LogP contribution in [0.25, 0.3) is 27.8 Å². The molecule has 2 aromatic heterocycles. The first-order valence-corrected chi connectivity index (χ1v) is 13.6. The van der Waals surface area contributed by atoms with Gasteiger partial charge < -0.3 is 5.11 Å². The molecule has 0 unspecified atom stereocenters. The Balaban J connectivity index is 1.70. The van der Waals surface area contributed by atoms with Crippen molar-refractivity contribution in [2.24, 2.45) is 5.41 Å². The molecule has 0 aliphatic rings. The fourth-order valence-electron chi connectivity index (χ4n) is 5.81. The highest BCUT2D eigenvalue weighted by atomic mass is 16.3. The van der Waals surface area contributed by atoms with Crippen LogP contribution in [0.2, 0.25) is 0 Å². The molecule has 5 heteroatoms. The summed E-state index contributed by atoms with van der Waals surface area (Å²) in [6.45, 7) is 15.7. The summed E-state index contributed by atoms with van der Waals surface area (Å²) in [5.41, 5.74) is 6.89. The lowest BCUT2D eigenvalue weighted by Crippen LogP contribution is -2.27. The molecule has 0 radical (unpaired) electrons. The Bertz CT molecular complexity index is 1610. The molecule has 0 saturated heterocycles. The quantitative estimate of drug-likeness (QED) is 0.246. The van der Waals surface area contributed by atoms with E-state index in [1.54, 1.807) is 11.0 Å². The van der Waals surface area contributed by atoms with Crippen LogP contribution in [0.5, 0.6) is 5.75 Å². The molecule has 39 heavy (non-hydrogen) atoms. The average molecular weight is 519 g/mol. The molecule has 5 rings (SSSR count). The summed E-state index contributed by atoms with van der Waals surface area (Å²) in [6, 6.07) is 24.6. The summed E-state index contributed by atoms with van der Waals surface area (Å²) in [5.74, 6) is 0.201. The van der Waals surface area contributed by atoms with Gasteiger partial charge in [-0.2, -0.15) is 0 Å². The van der Waals surface area contributed by atoms with E-state index in [0.29, 0.717) is 5.69 Å². The predicted molar refractivity (Wildman–Crippen MR) is 159 cm³/mol. The monoisotopic (exact) mass is 518 g/mol. The number of rotatable bonds is 6. The number of aromatic nitrogens is 4. The van der Waals surface area contributed by atoms with Gasteiger partial charge in [0.1, 0.15) is 22.5 Å². The molecule has 5 aromatic rings. The van der Waals surface area contributed by atoms with Crippen LogP contribution in [0.15, 0.2) is 85.2 Å². The Hall–Kier alpha value is -3.99. The van der Waals surface area contributed by atoms with Gasteiger partial charge in [-0.3, -0.25) is 4.98 Å². The van der Waals surface area contributed by atoms with E-state index in [-0.39, 0.29) is 16.6 Å². The van der Waals surface area contributed by atoms with Gasteiger partial charge in [0, 0.05) is 28.9 Å². The maximum absolute atomic E-state index is 11.8. The lowest BCUT2D eigenvalue weighted by atomic mass is 9.70. The number of phenolic OH excluding ortho intramolecular Hbond substituents is 1. The summed E-state index contributed by atoms with van der Waals surface area (Å²) < 4.78 is 0. The standard InChI is InChI=1S/C34H38N4O/c1-32(2,3)22-33(4,5)26-19-27(34(6,7)25-13-9-8-10-14-25)31(39)30(20-26)38-36-28-16-15-23(18-29(28)37-38)24-12-11-17-35-21-24/h8-21,39H,22H2,1-7H3. The normalized spacial score (nSPS) is 12.7. The van der Waals surface area contributed by atoms with Gasteiger partial charge in [0.25, 0.3) is 0 Å². The van der Waals surface area contributed by atoms with Crippen LogP contribution in [0.1, 0.15) is 71.6 Å². The molecule has 200 valence electrons. The molecule has 0 fully saturated rings. The van der Waals surface area contributed by atoms with Crippen LogP contribution >= 0.6 is 0 Å². The largest absolute Gasteiger partial charge is 0.505 e. The molecular formula is C34H38N4O. The number of benzene rings is 3. The van der Waals surface area contributed by atoms with Crippen molar-refractivity contribution in [3.05, 3.63) is 102 Å². The Morgan fingerprint density at radius 1 is 0.718 bits per heavy atom. The van der Waals surface area contributed by atoms with Crippen LogP contribution in [0.3, 0.4) is 0 Å². The van der Waals surface area contributed by atoms with Crippen LogP contribution in [0.4, 0.5) is 0 Å². The van der Waals surface area contributed by atoms with Gasteiger partial charge in [-0.1, -0.05) is 97.0 Å². The molecule has 0 atom stereocenters. The zero-order valence-electron chi connectivity index (χ0n) is 24.0. The molecule has 2 heterocycles. The first-order valence-electron chi connectivity index (χ1n) is 13.6. The van der Waals surface area contributed by atoms with E-state index in [4.69, 9.17) is 10.2 Å². The molecule has 5 nitrogen and oxygen atoms in total. The molecular weight excluding hydrogens is 480 g/mol. The molecule has 0 aliphatic carbocycles. The second-order valence-corrected chi connectivity index (χ2v) is 12.9. The van der Waals surface area contributed by atoms with Crippen molar-refractivity contribution in [2.45, 2.75) is 65.7 Å². The third kappa shape index (κ3) is 5.31. The fraction of sp³-hybridized carbons (Fsp3) is 0.324. The van der Waals surface area contributed by atoms with Gasteiger partial charge in [0.15, 0.2) is 0 Å². The van der Waals surface area contributed by atoms with Crippen molar-refractivity contribution in [3.63, 3.8) is 0 Å². The highest BCUT2D eigenvalue weighted by molar-refractivity contribution is 5.81. The van der Waals surface area contributed by atoms with Crippen LogP contribution in [0, 0.1) is 5.41 Å².